The largest absolute Gasteiger partial charge is 0.385 e. The van der Waals surface area contributed by atoms with Crippen LogP contribution in [-0.4, -0.2) is 38.8 Å². The van der Waals surface area contributed by atoms with Gasteiger partial charge in [-0.3, -0.25) is 0 Å². The highest BCUT2D eigenvalue weighted by atomic mass is 35.5. The Morgan fingerprint density at radius 2 is 1.88 bits per heavy atom. The highest BCUT2D eigenvalue weighted by Gasteiger charge is 2.23. The number of dihydropyridines is 1. The molecule has 0 aromatic heterocycles. The smallest absolute Gasteiger partial charge is 0.0406 e. The maximum absolute atomic E-state index is 6.19. The van der Waals surface area contributed by atoms with E-state index >= 15 is 0 Å². The molecule has 4 nitrogen and oxygen atoms in total. The monoisotopic (exact) mass is 470 g/mol. The van der Waals surface area contributed by atoms with Crippen LogP contribution in [0.4, 0.5) is 0 Å². The number of nitrogens with one attached hydrogen (secondary N) is 4. The molecule has 2 atom stereocenters. The topological polar surface area (TPSA) is 48.1 Å². The maximum Gasteiger partial charge on any atom is 0.0406 e. The predicted octanol–water partition coefficient (Wildman–Crippen LogP) is 4.73. The lowest BCUT2D eigenvalue weighted by Gasteiger charge is -2.30. The molecule has 0 bridgehead atoms. The Labute approximate surface area is 201 Å². The fourth-order valence-electron chi connectivity index (χ4n) is 4.44. The molecule has 1 aliphatic carbocycles. The van der Waals surface area contributed by atoms with Crippen LogP contribution < -0.4 is 21.3 Å². The Balaban J connectivity index is 1.21. The zero-order valence-electron chi connectivity index (χ0n) is 18.3. The summed E-state index contributed by atoms with van der Waals surface area (Å²) in [4.78, 5) is 0. The summed E-state index contributed by atoms with van der Waals surface area (Å²) in [7, 11) is 0. The molecular formula is C26H32Cl2N4. The van der Waals surface area contributed by atoms with Crippen LogP contribution in [0.15, 0.2) is 82.7 Å². The van der Waals surface area contributed by atoms with Crippen LogP contribution in [0.2, 0.25) is 5.02 Å². The highest BCUT2D eigenvalue weighted by Crippen LogP contribution is 2.29. The number of rotatable bonds is 10. The van der Waals surface area contributed by atoms with Gasteiger partial charge in [0, 0.05) is 59.5 Å². The maximum atomic E-state index is 6.19. The van der Waals surface area contributed by atoms with E-state index in [0.717, 1.165) is 62.0 Å². The van der Waals surface area contributed by atoms with Crippen molar-refractivity contribution in [2.45, 2.75) is 31.2 Å². The first kappa shape index (κ1) is 23.2. The lowest BCUT2D eigenvalue weighted by Crippen LogP contribution is -2.39. The van der Waals surface area contributed by atoms with E-state index in [1.165, 1.54) is 22.5 Å². The molecule has 170 valence electrons. The van der Waals surface area contributed by atoms with Crippen molar-refractivity contribution in [3.8, 4) is 0 Å². The van der Waals surface area contributed by atoms with Crippen molar-refractivity contribution in [3.63, 3.8) is 0 Å². The van der Waals surface area contributed by atoms with Crippen LogP contribution >= 0.6 is 23.2 Å². The van der Waals surface area contributed by atoms with E-state index in [-0.39, 0.29) is 0 Å². The lowest BCUT2D eigenvalue weighted by atomic mass is 9.91. The molecule has 4 rings (SSSR count). The molecule has 3 aliphatic rings. The summed E-state index contributed by atoms with van der Waals surface area (Å²) in [5.41, 5.74) is 5.15. The van der Waals surface area contributed by atoms with Crippen molar-refractivity contribution in [1.82, 2.24) is 21.3 Å². The van der Waals surface area contributed by atoms with Gasteiger partial charge >= 0.3 is 0 Å². The summed E-state index contributed by atoms with van der Waals surface area (Å²) >= 11 is 12.3. The van der Waals surface area contributed by atoms with E-state index in [4.69, 9.17) is 23.2 Å². The first-order chi connectivity index (χ1) is 15.7. The van der Waals surface area contributed by atoms with Crippen LogP contribution in [0.1, 0.15) is 30.7 Å². The summed E-state index contributed by atoms with van der Waals surface area (Å²) in [5, 5.41) is 16.0. The summed E-state index contributed by atoms with van der Waals surface area (Å²) in [5.74, 6) is 0.345. The number of halogens is 2. The van der Waals surface area contributed by atoms with Gasteiger partial charge in [0.1, 0.15) is 0 Å². The number of hydrogen-bond donors (Lipinski definition) is 4. The molecule has 32 heavy (non-hydrogen) atoms. The lowest BCUT2D eigenvalue weighted by molar-refractivity contribution is 0.553. The molecular weight excluding hydrogens is 439 g/mol. The van der Waals surface area contributed by atoms with Crippen molar-refractivity contribution in [1.29, 1.82) is 0 Å². The minimum absolute atomic E-state index is 0.334. The molecule has 0 saturated carbocycles. The average Bonchev–Trinajstić information content (AvgIpc) is 2.82. The summed E-state index contributed by atoms with van der Waals surface area (Å²) < 4.78 is 0. The molecule has 0 fully saturated rings. The fourth-order valence-corrected chi connectivity index (χ4v) is 4.79. The molecule has 1 aromatic carbocycles. The van der Waals surface area contributed by atoms with Gasteiger partial charge < -0.3 is 21.3 Å². The van der Waals surface area contributed by atoms with E-state index in [1.807, 2.05) is 18.2 Å². The van der Waals surface area contributed by atoms with Crippen LogP contribution in [0, 0.1) is 0 Å². The zero-order valence-corrected chi connectivity index (χ0v) is 19.9. The standard InChI is InChI=1S/C26H32Cl2N4/c27-20-7-5-19(6-8-20)22(24-4-1-2-14-30-24)11-16-29-13-3-15-31-25-12-17-32-26-18-21(28)9-10-23(25)26/h1-2,4-10,12,22,26,29-32H,3,11,13-18H2. The Morgan fingerprint density at radius 3 is 2.69 bits per heavy atom. The second-order valence-electron chi connectivity index (χ2n) is 8.37. The van der Waals surface area contributed by atoms with E-state index in [1.54, 1.807) is 0 Å². The fraction of sp³-hybridized carbons (Fsp3) is 0.385. The number of allylic oxidation sites excluding steroid dienone is 5. The predicted molar refractivity (Wildman–Crippen MR) is 136 cm³/mol. The van der Waals surface area contributed by atoms with Crippen molar-refractivity contribution >= 4 is 23.2 Å². The van der Waals surface area contributed by atoms with Gasteiger partial charge in [0.25, 0.3) is 0 Å². The molecule has 0 saturated heterocycles. The van der Waals surface area contributed by atoms with Gasteiger partial charge in [0.2, 0.25) is 0 Å². The van der Waals surface area contributed by atoms with Gasteiger partial charge in [0.05, 0.1) is 0 Å². The molecule has 1 aromatic rings. The number of hydrogen-bond acceptors (Lipinski definition) is 4. The van der Waals surface area contributed by atoms with Crippen LogP contribution in [0.3, 0.4) is 0 Å². The Morgan fingerprint density at radius 1 is 1.00 bits per heavy atom. The Hall–Kier alpha value is -1.98. The van der Waals surface area contributed by atoms with Crippen LogP contribution in [0.5, 0.6) is 0 Å². The second-order valence-corrected chi connectivity index (χ2v) is 9.29. The molecule has 0 amide bonds. The molecule has 2 unspecified atom stereocenters. The highest BCUT2D eigenvalue weighted by molar-refractivity contribution is 6.30. The van der Waals surface area contributed by atoms with E-state index in [0.29, 0.717) is 12.0 Å². The van der Waals surface area contributed by atoms with E-state index in [9.17, 15) is 0 Å². The Bertz CT molecular complexity index is 928. The average molecular weight is 471 g/mol. The number of fused-ring (bicyclic) bond motifs is 1. The van der Waals surface area contributed by atoms with Crippen molar-refractivity contribution in [2.24, 2.45) is 0 Å². The van der Waals surface area contributed by atoms with E-state index in [2.05, 4.69) is 63.8 Å². The van der Waals surface area contributed by atoms with Crippen molar-refractivity contribution in [2.75, 3.05) is 32.7 Å². The van der Waals surface area contributed by atoms with Gasteiger partial charge in [0.15, 0.2) is 0 Å². The third-order valence-corrected chi connectivity index (χ3v) is 6.67. The first-order valence-electron chi connectivity index (χ1n) is 11.5. The zero-order chi connectivity index (χ0) is 22.2. The molecule has 2 aliphatic heterocycles. The first-order valence-corrected chi connectivity index (χ1v) is 12.3. The molecule has 6 heteroatoms. The van der Waals surface area contributed by atoms with Crippen LogP contribution in [0.25, 0.3) is 0 Å². The van der Waals surface area contributed by atoms with Gasteiger partial charge in [-0.05, 0) is 67.4 Å². The van der Waals surface area contributed by atoms with E-state index < -0.39 is 0 Å². The molecule has 0 radical (unpaired) electrons. The SMILES string of the molecule is ClC1=CC=C2C(NCCCNCCC(C3=CC=CCN3)c3ccc(Cl)cc3)=CCNC2C1. The molecule has 2 heterocycles. The number of benzene rings is 1. The molecule has 0 spiro atoms. The normalized spacial score (nSPS) is 20.9. The quantitative estimate of drug-likeness (QED) is 0.373. The third kappa shape index (κ3) is 6.29. The van der Waals surface area contributed by atoms with Gasteiger partial charge in [-0.1, -0.05) is 53.6 Å². The third-order valence-electron chi connectivity index (χ3n) is 6.14. The van der Waals surface area contributed by atoms with Crippen molar-refractivity contribution in [3.05, 3.63) is 93.3 Å². The Kier molecular flexibility index (Phi) is 8.52. The summed E-state index contributed by atoms with van der Waals surface area (Å²) in [6.07, 6.45) is 15.9. The van der Waals surface area contributed by atoms with Crippen molar-refractivity contribution < 1.29 is 0 Å². The van der Waals surface area contributed by atoms with Gasteiger partial charge in [-0.2, -0.15) is 0 Å². The van der Waals surface area contributed by atoms with Gasteiger partial charge in [-0.15, -0.1) is 0 Å². The van der Waals surface area contributed by atoms with Crippen LogP contribution in [-0.2, 0) is 0 Å². The minimum Gasteiger partial charge on any atom is -0.385 e. The molecule has 4 N–H and O–H groups in total. The second kappa shape index (κ2) is 11.8. The van der Waals surface area contributed by atoms with Gasteiger partial charge in [-0.25, -0.2) is 0 Å². The minimum atomic E-state index is 0.334. The summed E-state index contributed by atoms with van der Waals surface area (Å²) in [6.45, 7) is 4.70. The summed E-state index contributed by atoms with van der Waals surface area (Å²) in [6, 6.07) is 8.57.